The van der Waals surface area contributed by atoms with Crippen LogP contribution >= 0.6 is 0 Å². The molecule has 0 aliphatic heterocycles. The normalized spacial score (nSPS) is 10.5. The molecule has 0 heterocycles. The van der Waals surface area contributed by atoms with Gasteiger partial charge >= 0.3 is 0 Å². The van der Waals surface area contributed by atoms with Crippen molar-refractivity contribution in [1.29, 1.82) is 0 Å². The maximum absolute atomic E-state index is 5.20. The molecule has 74 valence electrons. The van der Waals surface area contributed by atoms with Crippen molar-refractivity contribution in [1.82, 2.24) is 5.48 Å². The summed E-state index contributed by atoms with van der Waals surface area (Å²) < 4.78 is 0. The molecule has 0 aliphatic rings. The highest BCUT2D eigenvalue weighted by molar-refractivity contribution is 4.41. The lowest BCUT2D eigenvalue weighted by molar-refractivity contribution is 0.0385. The molecule has 2 nitrogen and oxygen atoms in total. The number of hydroxylamine groups is 1. The summed E-state index contributed by atoms with van der Waals surface area (Å²) in [6.45, 7) is 6.25. The second-order valence-electron chi connectivity index (χ2n) is 3.16. The number of hydrogen-bond acceptors (Lipinski definition) is 2. The third-order valence-corrected chi connectivity index (χ3v) is 1.83. The van der Waals surface area contributed by atoms with E-state index in [4.69, 9.17) is 4.84 Å². The third-order valence-electron chi connectivity index (χ3n) is 1.83. The van der Waals surface area contributed by atoms with Crippen LogP contribution in [0.15, 0.2) is 0 Å². The number of hydrogen-bond donors (Lipinski definition) is 1. The number of unbranched alkanes of at least 4 members (excludes halogenated alkanes) is 4. The Balaban J connectivity index is 2.73. The second-order valence-corrected chi connectivity index (χ2v) is 3.16. The Bertz CT molecular complexity index is 66.2. The van der Waals surface area contributed by atoms with E-state index >= 15 is 0 Å². The maximum atomic E-state index is 5.20. The Morgan fingerprint density at radius 2 is 1.67 bits per heavy atom. The quantitative estimate of drug-likeness (QED) is 0.427. The van der Waals surface area contributed by atoms with E-state index in [9.17, 15) is 0 Å². The Morgan fingerprint density at radius 1 is 0.917 bits per heavy atom. The predicted octanol–water partition coefficient (Wildman–Crippen LogP) is 2.89. The van der Waals surface area contributed by atoms with Crippen LogP contribution in [0.5, 0.6) is 0 Å². The molecular weight excluding hydrogens is 150 g/mol. The van der Waals surface area contributed by atoms with Gasteiger partial charge in [-0.15, -0.1) is 0 Å². The zero-order chi connectivity index (χ0) is 9.07. The molecule has 0 unspecified atom stereocenters. The topological polar surface area (TPSA) is 21.3 Å². The van der Waals surface area contributed by atoms with E-state index in [-0.39, 0.29) is 0 Å². The van der Waals surface area contributed by atoms with Crippen LogP contribution in [0.2, 0.25) is 0 Å². The SMILES string of the molecule is CCCCCCNOCCCC. The molecule has 0 aromatic rings. The van der Waals surface area contributed by atoms with E-state index in [2.05, 4.69) is 19.3 Å². The van der Waals surface area contributed by atoms with Crippen LogP contribution in [0.4, 0.5) is 0 Å². The van der Waals surface area contributed by atoms with E-state index in [0.717, 1.165) is 19.6 Å². The average Bonchev–Trinajstić information content (AvgIpc) is 2.10. The lowest BCUT2D eigenvalue weighted by atomic mass is 10.2. The first-order valence-corrected chi connectivity index (χ1v) is 5.26. The minimum absolute atomic E-state index is 0.851. The Hall–Kier alpha value is -0.0800. The summed E-state index contributed by atoms with van der Waals surface area (Å²) in [6, 6.07) is 0. The van der Waals surface area contributed by atoms with Crippen LogP contribution in [0, 0.1) is 0 Å². The van der Waals surface area contributed by atoms with E-state index in [1.54, 1.807) is 0 Å². The number of rotatable bonds is 9. The van der Waals surface area contributed by atoms with Gasteiger partial charge in [0.25, 0.3) is 0 Å². The first-order chi connectivity index (χ1) is 5.91. The van der Waals surface area contributed by atoms with Crippen molar-refractivity contribution in [2.45, 2.75) is 52.4 Å². The third kappa shape index (κ3) is 9.92. The molecule has 0 saturated carbocycles. The van der Waals surface area contributed by atoms with Crippen molar-refractivity contribution in [2.75, 3.05) is 13.2 Å². The lowest BCUT2D eigenvalue weighted by Crippen LogP contribution is -2.16. The molecule has 1 N–H and O–H groups in total. The van der Waals surface area contributed by atoms with Gasteiger partial charge in [-0.2, -0.15) is 0 Å². The van der Waals surface area contributed by atoms with Crippen LogP contribution in [-0.2, 0) is 4.84 Å². The van der Waals surface area contributed by atoms with Crippen molar-refractivity contribution in [2.24, 2.45) is 0 Å². The Kier molecular flexibility index (Phi) is 10.8. The van der Waals surface area contributed by atoms with E-state index in [1.165, 1.54) is 32.1 Å². The van der Waals surface area contributed by atoms with E-state index in [0.29, 0.717) is 0 Å². The molecule has 0 aliphatic carbocycles. The first-order valence-electron chi connectivity index (χ1n) is 5.26. The highest BCUT2D eigenvalue weighted by Crippen LogP contribution is 1.96. The van der Waals surface area contributed by atoms with Crippen LogP contribution in [-0.4, -0.2) is 13.2 Å². The van der Waals surface area contributed by atoms with Gasteiger partial charge in [-0.1, -0.05) is 39.5 Å². The van der Waals surface area contributed by atoms with Gasteiger partial charge in [-0.3, -0.25) is 0 Å². The zero-order valence-electron chi connectivity index (χ0n) is 8.57. The molecule has 0 radical (unpaired) electrons. The van der Waals surface area contributed by atoms with Crippen molar-refractivity contribution < 1.29 is 4.84 Å². The monoisotopic (exact) mass is 173 g/mol. The maximum Gasteiger partial charge on any atom is 0.0682 e. The lowest BCUT2D eigenvalue weighted by Gasteiger charge is -2.04. The summed E-state index contributed by atoms with van der Waals surface area (Å²) >= 11 is 0. The molecule has 0 aromatic carbocycles. The van der Waals surface area contributed by atoms with Crippen molar-refractivity contribution in [3.05, 3.63) is 0 Å². The van der Waals surface area contributed by atoms with Gasteiger partial charge in [0.1, 0.15) is 0 Å². The molecule has 0 saturated heterocycles. The van der Waals surface area contributed by atoms with Gasteiger partial charge in [0, 0.05) is 6.54 Å². The molecule has 0 spiro atoms. The molecule has 0 aromatic heterocycles. The summed E-state index contributed by atoms with van der Waals surface area (Å²) in [4.78, 5) is 5.20. The fourth-order valence-electron chi connectivity index (χ4n) is 0.985. The van der Waals surface area contributed by atoms with Crippen LogP contribution in [0.25, 0.3) is 0 Å². The summed E-state index contributed by atoms with van der Waals surface area (Å²) in [5, 5.41) is 0. The van der Waals surface area contributed by atoms with Crippen molar-refractivity contribution in [3.8, 4) is 0 Å². The van der Waals surface area contributed by atoms with Gasteiger partial charge in [0.2, 0.25) is 0 Å². The summed E-state index contributed by atoms with van der Waals surface area (Å²) in [5.74, 6) is 0. The van der Waals surface area contributed by atoms with Gasteiger partial charge in [0.05, 0.1) is 6.61 Å². The Morgan fingerprint density at radius 3 is 2.33 bits per heavy atom. The molecule has 12 heavy (non-hydrogen) atoms. The molecule has 0 atom stereocenters. The Labute approximate surface area is 76.6 Å². The minimum atomic E-state index is 0.851. The number of nitrogens with one attached hydrogen (secondary N) is 1. The predicted molar refractivity (Wildman–Crippen MR) is 53.0 cm³/mol. The van der Waals surface area contributed by atoms with Crippen molar-refractivity contribution in [3.63, 3.8) is 0 Å². The molecule has 2 heteroatoms. The van der Waals surface area contributed by atoms with E-state index in [1.807, 2.05) is 0 Å². The van der Waals surface area contributed by atoms with Crippen LogP contribution in [0.1, 0.15) is 52.4 Å². The van der Waals surface area contributed by atoms with Crippen molar-refractivity contribution >= 4 is 0 Å². The van der Waals surface area contributed by atoms with Crippen LogP contribution in [0.3, 0.4) is 0 Å². The average molecular weight is 173 g/mol. The fourth-order valence-corrected chi connectivity index (χ4v) is 0.985. The summed E-state index contributed by atoms with van der Waals surface area (Å²) in [5.41, 5.74) is 2.98. The molecule has 0 rings (SSSR count). The van der Waals surface area contributed by atoms with Gasteiger partial charge in [0.15, 0.2) is 0 Å². The highest BCUT2D eigenvalue weighted by Gasteiger charge is 1.88. The van der Waals surface area contributed by atoms with E-state index < -0.39 is 0 Å². The summed E-state index contributed by atoms with van der Waals surface area (Å²) in [6.07, 6.45) is 7.56. The zero-order valence-corrected chi connectivity index (χ0v) is 8.57. The summed E-state index contributed by atoms with van der Waals surface area (Å²) in [7, 11) is 0. The smallest absolute Gasteiger partial charge is 0.0682 e. The highest BCUT2D eigenvalue weighted by atomic mass is 16.6. The van der Waals surface area contributed by atoms with Crippen LogP contribution < -0.4 is 5.48 Å². The fraction of sp³-hybridized carbons (Fsp3) is 1.00. The largest absolute Gasteiger partial charge is 0.302 e. The molecule has 0 fully saturated rings. The van der Waals surface area contributed by atoms with Gasteiger partial charge in [-0.25, -0.2) is 5.48 Å². The van der Waals surface area contributed by atoms with Gasteiger partial charge < -0.3 is 4.84 Å². The van der Waals surface area contributed by atoms with Gasteiger partial charge in [-0.05, 0) is 12.8 Å². The molecular formula is C10H23NO. The first kappa shape index (κ1) is 11.9. The standard InChI is InChI=1S/C10H23NO/c1-3-5-7-8-9-11-12-10-6-4-2/h11H,3-10H2,1-2H3. The second kappa shape index (κ2) is 10.9. The molecule has 0 bridgehead atoms. The minimum Gasteiger partial charge on any atom is -0.302 e. The molecule has 0 amide bonds.